The third-order valence-electron chi connectivity index (χ3n) is 4.01. The highest BCUT2D eigenvalue weighted by molar-refractivity contribution is 6.31. The molecule has 6 heteroatoms. The average Bonchev–Trinajstić information content (AvgIpc) is 2.88. The second kappa shape index (κ2) is 6.99. The maximum Gasteiger partial charge on any atom is 0.251 e. The maximum atomic E-state index is 12.3. The lowest BCUT2D eigenvalue weighted by molar-refractivity contribution is 0.0951. The van der Waals surface area contributed by atoms with Crippen molar-refractivity contribution in [2.75, 3.05) is 0 Å². The first-order valence-electron chi connectivity index (χ1n) is 7.84. The lowest BCUT2D eigenvalue weighted by atomic mass is 10.1. The van der Waals surface area contributed by atoms with Crippen molar-refractivity contribution in [1.29, 1.82) is 0 Å². The van der Waals surface area contributed by atoms with Gasteiger partial charge in [-0.1, -0.05) is 29.8 Å². The van der Waals surface area contributed by atoms with E-state index < -0.39 is 0 Å². The molecule has 0 aliphatic heterocycles. The highest BCUT2D eigenvalue weighted by Gasteiger charge is 2.12. The van der Waals surface area contributed by atoms with Crippen molar-refractivity contribution in [2.24, 2.45) is 0 Å². The van der Waals surface area contributed by atoms with Crippen LogP contribution in [0.3, 0.4) is 0 Å². The van der Waals surface area contributed by atoms with Gasteiger partial charge in [-0.3, -0.25) is 4.79 Å². The SMILES string of the molecule is Cc1nn(-c2ccc(C(=O)NCc3ccccc3O)cc2)c(C)c1Cl. The van der Waals surface area contributed by atoms with E-state index in [1.807, 2.05) is 32.0 Å². The van der Waals surface area contributed by atoms with Crippen molar-refractivity contribution in [3.8, 4) is 11.4 Å². The summed E-state index contributed by atoms with van der Waals surface area (Å²) in [6.07, 6.45) is 0. The molecule has 1 amide bonds. The zero-order valence-electron chi connectivity index (χ0n) is 14.0. The highest BCUT2D eigenvalue weighted by atomic mass is 35.5. The fourth-order valence-electron chi connectivity index (χ4n) is 2.57. The number of nitrogens with zero attached hydrogens (tertiary/aromatic N) is 2. The molecule has 2 aromatic carbocycles. The van der Waals surface area contributed by atoms with Crippen molar-refractivity contribution >= 4 is 17.5 Å². The molecule has 128 valence electrons. The summed E-state index contributed by atoms with van der Waals surface area (Å²) < 4.78 is 1.75. The molecule has 25 heavy (non-hydrogen) atoms. The number of aromatic nitrogens is 2. The number of phenolic OH excluding ortho intramolecular Hbond substituents is 1. The summed E-state index contributed by atoms with van der Waals surface area (Å²) in [5.41, 5.74) is 3.67. The zero-order valence-corrected chi connectivity index (χ0v) is 14.7. The second-order valence-electron chi connectivity index (χ2n) is 5.75. The minimum atomic E-state index is -0.207. The van der Waals surface area contributed by atoms with Crippen molar-refractivity contribution in [2.45, 2.75) is 20.4 Å². The number of phenols is 1. The predicted molar refractivity (Wildman–Crippen MR) is 97.3 cm³/mol. The monoisotopic (exact) mass is 355 g/mol. The molecule has 0 atom stereocenters. The van der Waals surface area contributed by atoms with Crippen LogP contribution >= 0.6 is 11.6 Å². The maximum absolute atomic E-state index is 12.3. The van der Waals surface area contributed by atoms with Gasteiger partial charge >= 0.3 is 0 Å². The summed E-state index contributed by atoms with van der Waals surface area (Å²) in [6, 6.07) is 14.0. The van der Waals surface area contributed by atoms with Crippen molar-refractivity contribution < 1.29 is 9.90 Å². The molecule has 5 nitrogen and oxygen atoms in total. The largest absolute Gasteiger partial charge is 0.508 e. The van der Waals surface area contributed by atoms with Crippen molar-refractivity contribution in [3.05, 3.63) is 76.1 Å². The van der Waals surface area contributed by atoms with E-state index >= 15 is 0 Å². The quantitative estimate of drug-likeness (QED) is 0.748. The van der Waals surface area contributed by atoms with E-state index in [0.717, 1.165) is 17.1 Å². The molecule has 3 rings (SSSR count). The molecule has 0 spiro atoms. The zero-order chi connectivity index (χ0) is 18.0. The van der Waals surface area contributed by atoms with Crippen LogP contribution in [0, 0.1) is 13.8 Å². The minimum Gasteiger partial charge on any atom is -0.508 e. The molecule has 0 fully saturated rings. The Morgan fingerprint density at radius 2 is 1.84 bits per heavy atom. The van der Waals surface area contributed by atoms with Crippen LogP contribution in [0.15, 0.2) is 48.5 Å². The molecule has 0 radical (unpaired) electrons. The van der Waals surface area contributed by atoms with E-state index in [9.17, 15) is 9.90 Å². The van der Waals surface area contributed by atoms with E-state index in [1.165, 1.54) is 0 Å². The normalized spacial score (nSPS) is 10.7. The molecule has 1 heterocycles. The Morgan fingerprint density at radius 3 is 2.44 bits per heavy atom. The van der Waals surface area contributed by atoms with E-state index in [0.29, 0.717) is 16.1 Å². The van der Waals surface area contributed by atoms with E-state index in [1.54, 1.807) is 35.0 Å². The lowest BCUT2D eigenvalue weighted by Crippen LogP contribution is -2.22. The number of benzene rings is 2. The van der Waals surface area contributed by atoms with Gasteiger partial charge < -0.3 is 10.4 Å². The first-order chi connectivity index (χ1) is 12.0. The van der Waals surface area contributed by atoms with E-state index in [2.05, 4.69) is 10.4 Å². The Morgan fingerprint density at radius 1 is 1.16 bits per heavy atom. The van der Waals surface area contributed by atoms with Gasteiger partial charge in [0.25, 0.3) is 5.91 Å². The number of aryl methyl sites for hydroxylation is 1. The molecule has 0 saturated carbocycles. The number of aromatic hydroxyl groups is 1. The van der Waals surface area contributed by atoms with Crippen molar-refractivity contribution in [1.82, 2.24) is 15.1 Å². The van der Waals surface area contributed by atoms with Crippen LogP contribution in [0.1, 0.15) is 27.3 Å². The van der Waals surface area contributed by atoms with E-state index in [4.69, 9.17) is 11.6 Å². The third-order valence-corrected chi connectivity index (χ3v) is 4.56. The van der Waals surface area contributed by atoms with Crippen LogP contribution in [0.25, 0.3) is 5.69 Å². The molecule has 0 unspecified atom stereocenters. The number of rotatable bonds is 4. The summed E-state index contributed by atoms with van der Waals surface area (Å²) in [5.74, 6) is -0.0410. The topological polar surface area (TPSA) is 67.2 Å². The number of hydrogen-bond acceptors (Lipinski definition) is 3. The second-order valence-corrected chi connectivity index (χ2v) is 6.13. The van der Waals surface area contributed by atoms with Crippen LogP contribution in [-0.4, -0.2) is 20.8 Å². The first kappa shape index (κ1) is 17.0. The Hall–Kier alpha value is -2.79. The number of halogens is 1. The minimum absolute atomic E-state index is 0.166. The number of amides is 1. The number of carbonyl (C=O) groups is 1. The van der Waals surface area contributed by atoms with Crippen LogP contribution in [0.4, 0.5) is 0 Å². The van der Waals surface area contributed by atoms with Crippen molar-refractivity contribution in [3.63, 3.8) is 0 Å². The van der Waals surface area contributed by atoms with Gasteiger partial charge in [-0.2, -0.15) is 5.10 Å². The Bertz CT molecular complexity index is 917. The lowest BCUT2D eigenvalue weighted by Gasteiger charge is -2.08. The number of hydrogen-bond donors (Lipinski definition) is 2. The van der Waals surface area contributed by atoms with Gasteiger partial charge in [0.05, 0.1) is 22.1 Å². The third kappa shape index (κ3) is 3.51. The first-order valence-corrected chi connectivity index (χ1v) is 8.22. The van der Waals surface area contributed by atoms with Crippen LogP contribution < -0.4 is 5.32 Å². The average molecular weight is 356 g/mol. The highest BCUT2D eigenvalue weighted by Crippen LogP contribution is 2.22. The number of para-hydroxylation sites is 1. The smallest absolute Gasteiger partial charge is 0.251 e. The van der Waals surface area contributed by atoms with Crippen LogP contribution in [0.2, 0.25) is 5.02 Å². The molecule has 1 aromatic heterocycles. The standard InChI is InChI=1S/C19H18ClN3O2/c1-12-18(20)13(2)23(22-12)16-9-7-14(8-10-16)19(25)21-11-15-5-3-4-6-17(15)24/h3-10,24H,11H2,1-2H3,(H,21,25). The van der Waals surface area contributed by atoms with Gasteiger partial charge in [-0.15, -0.1) is 0 Å². The van der Waals surface area contributed by atoms with Gasteiger partial charge in [0.1, 0.15) is 5.75 Å². The van der Waals surface area contributed by atoms with E-state index in [-0.39, 0.29) is 18.2 Å². The summed E-state index contributed by atoms with van der Waals surface area (Å²) in [6.45, 7) is 4.02. The Labute approximate surface area is 150 Å². The molecule has 0 bridgehead atoms. The molecule has 3 aromatic rings. The number of nitrogens with one attached hydrogen (secondary N) is 1. The summed E-state index contributed by atoms with van der Waals surface area (Å²) in [4.78, 5) is 12.3. The summed E-state index contributed by atoms with van der Waals surface area (Å²) in [5, 5.41) is 17.6. The molecule has 0 saturated heterocycles. The van der Waals surface area contributed by atoms with Gasteiger partial charge in [0.2, 0.25) is 0 Å². The molecular weight excluding hydrogens is 338 g/mol. The van der Waals surface area contributed by atoms with Gasteiger partial charge in [0.15, 0.2) is 0 Å². The van der Waals surface area contributed by atoms with Gasteiger partial charge in [0, 0.05) is 17.7 Å². The number of carbonyl (C=O) groups excluding carboxylic acids is 1. The van der Waals surface area contributed by atoms with Crippen LogP contribution in [0.5, 0.6) is 5.75 Å². The fourth-order valence-corrected chi connectivity index (χ4v) is 2.68. The Balaban J connectivity index is 1.72. The molecular formula is C19H18ClN3O2. The Kier molecular flexibility index (Phi) is 4.76. The van der Waals surface area contributed by atoms with Gasteiger partial charge in [-0.25, -0.2) is 4.68 Å². The summed E-state index contributed by atoms with van der Waals surface area (Å²) >= 11 is 6.17. The van der Waals surface area contributed by atoms with Crippen LogP contribution in [-0.2, 0) is 6.54 Å². The molecule has 0 aliphatic rings. The summed E-state index contributed by atoms with van der Waals surface area (Å²) in [7, 11) is 0. The fraction of sp³-hybridized carbons (Fsp3) is 0.158. The predicted octanol–water partition coefficient (Wildman–Crippen LogP) is 3.78. The van der Waals surface area contributed by atoms with Gasteiger partial charge in [-0.05, 0) is 44.2 Å². The molecule has 0 aliphatic carbocycles. The molecule has 2 N–H and O–H groups in total.